The number of benzene rings is 1. The van der Waals surface area contributed by atoms with E-state index in [1.165, 1.54) is 0 Å². The molecule has 0 saturated carbocycles. The summed E-state index contributed by atoms with van der Waals surface area (Å²) in [4.78, 5) is 11.5. The normalized spacial score (nSPS) is 13.8. The summed E-state index contributed by atoms with van der Waals surface area (Å²) in [5, 5.41) is 0. The minimum Gasteiger partial charge on any atom is -0.493 e. The van der Waals surface area contributed by atoms with Crippen LogP contribution in [-0.4, -0.2) is 19.2 Å². The highest BCUT2D eigenvalue weighted by Crippen LogP contribution is 2.31. The van der Waals surface area contributed by atoms with Crippen molar-refractivity contribution in [2.24, 2.45) is 0 Å². The van der Waals surface area contributed by atoms with E-state index in [1.807, 2.05) is 0 Å². The lowest BCUT2D eigenvalue weighted by molar-refractivity contribution is 0.0526. The molecule has 0 saturated heterocycles. The number of ether oxygens (including phenoxy) is 2. The molecule has 1 aromatic carbocycles. The first kappa shape index (κ1) is 10.8. The zero-order chi connectivity index (χ0) is 11.5. The first-order valence-electron chi connectivity index (χ1n) is 5.44. The fourth-order valence-corrected chi connectivity index (χ4v) is 1.83. The molecule has 0 atom stereocenters. The zero-order valence-electron chi connectivity index (χ0n) is 9.29. The van der Waals surface area contributed by atoms with Crippen LogP contribution in [0.1, 0.15) is 29.3 Å². The average Bonchev–Trinajstić information content (AvgIpc) is 2.29. The lowest BCUT2D eigenvalue weighted by Gasteiger charge is -2.19. The van der Waals surface area contributed by atoms with Crippen molar-refractivity contribution in [3.8, 4) is 5.75 Å². The number of anilines is 1. The van der Waals surface area contributed by atoms with Gasteiger partial charge in [0.2, 0.25) is 0 Å². The van der Waals surface area contributed by atoms with Crippen LogP contribution >= 0.6 is 0 Å². The molecule has 0 bridgehead atoms. The van der Waals surface area contributed by atoms with Gasteiger partial charge in [-0.15, -0.1) is 0 Å². The van der Waals surface area contributed by atoms with Crippen LogP contribution in [0.2, 0.25) is 0 Å². The van der Waals surface area contributed by atoms with E-state index in [0.717, 1.165) is 18.4 Å². The lowest BCUT2D eigenvalue weighted by Crippen LogP contribution is -2.13. The Hall–Kier alpha value is -1.71. The molecule has 16 heavy (non-hydrogen) atoms. The molecular weight excluding hydrogens is 206 g/mol. The predicted molar refractivity (Wildman–Crippen MR) is 60.6 cm³/mol. The second-order valence-corrected chi connectivity index (χ2v) is 3.71. The van der Waals surface area contributed by atoms with Crippen molar-refractivity contribution >= 4 is 11.7 Å². The molecule has 1 aliphatic heterocycles. The first-order chi connectivity index (χ1) is 7.72. The Morgan fingerprint density at radius 1 is 1.56 bits per heavy atom. The number of fused-ring (bicyclic) bond motifs is 1. The number of rotatable bonds is 2. The lowest BCUT2D eigenvalue weighted by atomic mass is 10.0. The Morgan fingerprint density at radius 3 is 3.12 bits per heavy atom. The van der Waals surface area contributed by atoms with Crippen molar-refractivity contribution in [2.45, 2.75) is 19.8 Å². The fraction of sp³-hybridized carbons (Fsp3) is 0.417. The van der Waals surface area contributed by atoms with Gasteiger partial charge in [0, 0.05) is 11.3 Å². The molecule has 1 aliphatic rings. The molecule has 1 aromatic rings. The van der Waals surface area contributed by atoms with E-state index in [2.05, 4.69) is 0 Å². The molecule has 0 amide bonds. The molecule has 2 N–H and O–H groups in total. The van der Waals surface area contributed by atoms with Gasteiger partial charge in [-0.3, -0.25) is 0 Å². The molecule has 2 rings (SSSR count). The van der Waals surface area contributed by atoms with Crippen LogP contribution in [0, 0.1) is 0 Å². The van der Waals surface area contributed by atoms with Gasteiger partial charge in [0.15, 0.2) is 0 Å². The van der Waals surface area contributed by atoms with Crippen molar-refractivity contribution in [3.63, 3.8) is 0 Å². The number of nitrogens with two attached hydrogens (primary N) is 1. The number of esters is 1. The molecule has 0 radical (unpaired) electrons. The summed E-state index contributed by atoms with van der Waals surface area (Å²) in [6.07, 6.45) is 1.88. The smallest absolute Gasteiger partial charge is 0.338 e. The van der Waals surface area contributed by atoms with Crippen LogP contribution in [0.25, 0.3) is 0 Å². The van der Waals surface area contributed by atoms with Gasteiger partial charge in [0.25, 0.3) is 0 Å². The third-order valence-corrected chi connectivity index (χ3v) is 2.58. The van der Waals surface area contributed by atoms with Crippen molar-refractivity contribution in [1.29, 1.82) is 0 Å². The van der Waals surface area contributed by atoms with Crippen LogP contribution in [0.3, 0.4) is 0 Å². The second-order valence-electron chi connectivity index (χ2n) is 3.71. The summed E-state index contributed by atoms with van der Waals surface area (Å²) in [6.45, 7) is 2.81. The van der Waals surface area contributed by atoms with Crippen LogP contribution in [0.5, 0.6) is 5.75 Å². The zero-order valence-corrected chi connectivity index (χ0v) is 9.29. The fourth-order valence-electron chi connectivity index (χ4n) is 1.83. The summed E-state index contributed by atoms with van der Waals surface area (Å²) in [5.74, 6) is 0.362. The minimum absolute atomic E-state index is 0.355. The molecule has 0 unspecified atom stereocenters. The summed E-state index contributed by atoms with van der Waals surface area (Å²) < 4.78 is 10.4. The maximum Gasteiger partial charge on any atom is 0.338 e. The Kier molecular flexibility index (Phi) is 2.99. The number of carbonyl (C=O) groups excluding carboxylic acids is 1. The Bertz CT molecular complexity index is 415. The molecule has 0 aromatic heterocycles. The van der Waals surface area contributed by atoms with Crippen LogP contribution < -0.4 is 10.5 Å². The minimum atomic E-state index is -0.355. The quantitative estimate of drug-likeness (QED) is 0.610. The van der Waals surface area contributed by atoms with Gasteiger partial charge in [-0.05, 0) is 31.9 Å². The summed E-state index contributed by atoms with van der Waals surface area (Å²) in [5.41, 5.74) is 7.96. The van der Waals surface area contributed by atoms with Gasteiger partial charge in [-0.1, -0.05) is 0 Å². The van der Waals surface area contributed by atoms with Crippen molar-refractivity contribution in [1.82, 2.24) is 0 Å². The molecule has 0 fully saturated rings. The monoisotopic (exact) mass is 221 g/mol. The molecule has 0 aliphatic carbocycles. The summed E-state index contributed by atoms with van der Waals surface area (Å²) in [6, 6.07) is 3.37. The van der Waals surface area contributed by atoms with E-state index in [0.29, 0.717) is 30.2 Å². The molecule has 86 valence electrons. The largest absolute Gasteiger partial charge is 0.493 e. The van der Waals surface area contributed by atoms with Gasteiger partial charge in [0.1, 0.15) is 5.75 Å². The second kappa shape index (κ2) is 4.43. The van der Waals surface area contributed by atoms with Gasteiger partial charge in [-0.25, -0.2) is 4.79 Å². The maximum absolute atomic E-state index is 11.5. The van der Waals surface area contributed by atoms with Gasteiger partial charge < -0.3 is 15.2 Å². The highest BCUT2D eigenvalue weighted by Gasteiger charge is 2.17. The Morgan fingerprint density at radius 2 is 2.38 bits per heavy atom. The van der Waals surface area contributed by atoms with Crippen molar-refractivity contribution in [2.75, 3.05) is 18.9 Å². The molecule has 4 nitrogen and oxygen atoms in total. The molecular formula is C12H15NO3. The number of nitrogen functional groups attached to an aromatic ring is 1. The predicted octanol–water partition coefficient (Wildman–Crippen LogP) is 1.77. The topological polar surface area (TPSA) is 61.5 Å². The van der Waals surface area contributed by atoms with Crippen LogP contribution in [-0.2, 0) is 11.2 Å². The van der Waals surface area contributed by atoms with Gasteiger partial charge in [-0.2, -0.15) is 0 Å². The van der Waals surface area contributed by atoms with Gasteiger partial charge >= 0.3 is 5.97 Å². The summed E-state index contributed by atoms with van der Waals surface area (Å²) >= 11 is 0. The van der Waals surface area contributed by atoms with Gasteiger partial charge in [0.05, 0.1) is 18.8 Å². The van der Waals surface area contributed by atoms with Crippen LogP contribution in [0.4, 0.5) is 5.69 Å². The van der Waals surface area contributed by atoms with E-state index >= 15 is 0 Å². The number of hydrogen-bond donors (Lipinski definition) is 1. The molecule has 0 spiro atoms. The highest BCUT2D eigenvalue weighted by atomic mass is 16.5. The van der Waals surface area contributed by atoms with Crippen molar-refractivity contribution < 1.29 is 14.3 Å². The van der Waals surface area contributed by atoms with E-state index < -0.39 is 0 Å². The number of carbonyl (C=O) groups is 1. The van der Waals surface area contributed by atoms with E-state index in [4.69, 9.17) is 15.2 Å². The first-order valence-corrected chi connectivity index (χ1v) is 5.44. The van der Waals surface area contributed by atoms with Crippen LogP contribution in [0.15, 0.2) is 12.1 Å². The number of hydrogen-bond acceptors (Lipinski definition) is 4. The highest BCUT2D eigenvalue weighted by molar-refractivity contribution is 5.91. The average molecular weight is 221 g/mol. The Labute approximate surface area is 94.3 Å². The Balaban J connectivity index is 2.35. The van der Waals surface area contributed by atoms with E-state index in [9.17, 15) is 4.79 Å². The molecule has 1 heterocycles. The third-order valence-electron chi connectivity index (χ3n) is 2.58. The SMILES string of the molecule is CCOC(=O)c1cc(N)c2c(c1)OCCC2. The van der Waals surface area contributed by atoms with E-state index in [-0.39, 0.29) is 5.97 Å². The van der Waals surface area contributed by atoms with Crippen molar-refractivity contribution in [3.05, 3.63) is 23.3 Å². The third kappa shape index (κ3) is 1.96. The molecule has 4 heteroatoms. The summed E-state index contributed by atoms with van der Waals surface area (Å²) in [7, 11) is 0. The maximum atomic E-state index is 11.5. The standard InChI is InChI=1S/C12H15NO3/c1-2-15-12(14)8-6-10(13)9-4-3-5-16-11(9)7-8/h6-7H,2-5,13H2,1H3. The van der Waals surface area contributed by atoms with E-state index in [1.54, 1.807) is 19.1 Å².